The fraction of sp³-hybridized carbons (Fsp3) is 0.684. The molecule has 0 N–H and O–H groups in total. The third-order valence-electron chi connectivity index (χ3n) is 11.4. The van der Waals surface area contributed by atoms with Crippen LogP contribution in [0, 0.1) is 35.3 Å². The highest BCUT2D eigenvalue weighted by Crippen LogP contribution is 2.47. The maximum absolute atomic E-state index is 15.4. The molecule has 0 bridgehead atoms. The quantitative estimate of drug-likeness (QED) is 0.163. The van der Waals surface area contributed by atoms with Crippen LogP contribution in [0.2, 0.25) is 0 Å². The molecule has 0 saturated heterocycles. The average molecular weight is 655 g/mol. The molecule has 2 aromatic carbocycles. The second-order valence-corrected chi connectivity index (χ2v) is 14.4. The first kappa shape index (κ1) is 35.1. The van der Waals surface area contributed by atoms with Gasteiger partial charge in [-0.1, -0.05) is 57.6 Å². The summed E-state index contributed by atoms with van der Waals surface area (Å²) in [7, 11) is 0. The molecule has 256 valence electrons. The van der Waals surface area contributed by atoms with Crippen molar-refractivity contribution in [3.63, 3.8) is 0 Å². The van der Waals surface area contributed by atoms with E-state index in [1.165, 1.54) is 64.2 Å². The highest BCUT2D eigenvalue weighted by Gasteiger charge is 2.45. The number of hydrogen-bond acceptors (Lipinski definition) is 1. The molecule has 0 aliphatic heterocycles. The van der Waals surface area contributed by atoms with Crippen LogP contribution in [0.4, 0.5) is 30.7 Å². The maximum Gasteiger partial charge on any atom is 0.400 e. The van der Waals surface area contributed by atoms with E-state index in [4.69, 9.17) is 4.74 Å². The summed E-state index contributed by atoms with van der Waals surface area (Å²) in [5, 5.41) is 0. The van der Waals surface area contributed by atoms with Crippen LogP contribution in [0.25, 0.3) is 0 Å². The van der Waals surface area contributed by atoms with Gasteiger partial charge in [-0.15, -0.1) is 0 Å². The lowest BCUT2D eigenvalue weighted by Crippen LogP contribution is -2.37. The molecular weight excluding hydrogens is 605 g/mol. The van der Waals surface area contributed by atoms with Gasteiger partial charge in [-0.05, 0) is 123 Å². The average Bonchev–Trinajstić information content (AvgIpc) is 3.05. The van der Waals surface area contributed by atoms with Crippen LogP contribution < -0.4 is 4.74 Å². The molecule has 0 atom stereocenters. The molecule has 1 nitrogen and oxygen atoms in total. The van der Waals surface area contributed by atoms with Crippen molar-refractivity contribution in [2.24, 2.45) is 23.7 Å². The molecule has 3 aliphatic rings. The number of halogens is 7. The van der Waals surface area contributed by atoms with Crippen LogP contribution in [-0.2, 0) is 5.92 Å². The van der Waals surface area contributed by atoms with Gasteiger partial charge in [0.05, 0.1) is 11.5 Å². The first-order chi connectivity index (χ1) is 22.0. The van der Waals surface area contributed by atoms with Gasteiger partial charge >= 0.3 is 12.0 Å². The summed E-state index contributed by atoms with van der Waals surface area (Å²) >= 11 is 0. The minimum Gasteiger partial charge on any atom is -0.432 e. The fourth-order valence-electron chi connectivity index (χ4n) is 8.59. The summed E-state index contributed by atoms with van der Waals surface area (Å²) in [5.74, 6) is -4.90. The zero-order valence-electron chi connectivity index (χ0n) is 27.0. The monoisotopic (exact) mass is 654 g/mol. The van der Waals surface area contributed by atoms with Gasteiger partial charge in [-0.2, -0.15) is 17.6 Å². The first-order valence-electron chi connectivity index (χ1n) is 17.6. The van der Waals surface area contributed by atoms with Crippen LogP contribution in [0.3, 0.4) is 0 Å². The molecule has 0 spiro atoms. The molecule has 5 rings (SSSR count). The van der Waals surface area contributed by atoms with Gasteiger partial charge in [0.2, 0.25) is 0 Å². The summed E-state index contributed by atoms with van der Waals surface area (Å²) in [6.07, 6.45) is 12.7. The van der Waals surface area contributed by atoms with Crippen molar-refractivity contribution in [3.05, 3.63) is 64.7 Å². The molecule has 0 radical (unpaired) electrons. The highest BCUT2D eigenvalue weighted by molar-refractivity contribution is 5.32. The SMILES string of the molecule is CCCCCC1CCC(C2CCC(c3ccc(C4CCC(C(F)(F)Oc5ccc(C(F)(F)CF)c(F)c5)CC4)c(F)c3)CC2)CC1. The standard InChI is InChI=1S/C38H49F7O/c1-2-3-4-5-25-6-8-26(9-7-25)27-10-12-28(13-11-27)30-16-20-33(35(40)22-30)29-14-17-31(18-15-29)38(44,45)46-32-19-21-34(36(41)23-32)37(42,43)24-39/h16,19-23,25-29,31H,2-15,17-18,24H2,1H3. The molecule has 3 aliphatic carbocycles. The van der Waals surface area contributed by atoms with Gasteiger partial charge in [-0.3, -0.25) is 0 Å². The van der Waals surface area contributed by atoms with Crippen molar-refractivity contribution < 1.29 is 35.5 Å². The number of unbranched alkanes of at least 4 members (excludes halogenated alkanes) is 2. The lowest BCUT2D eigenvalue weighted by Gasteiger charge is -2.38. The van der Waals surface area contributed by atoms with Crippen molar-refractivity contribution in [1.29, 1.82) is 0 Å². The van der Waals surface area contributed by atoms with Crippen LogP contribution in [0.15, 0.2) is 36.4 Å². The van der Waals surface area contributed by atoms with Crippen molar-refractivity contribution in [2.45, 2.75) is 134 Å². The number of rotatable bonds is 12. The molecule has 0 aromatic heterocycles. The third-order valence-corrected chi connectivity index (χ3v) is 11.4. The van der Waals surface area contributed by atoms with Gasteiger partial charge < -0.3 is 4.74 Å². The lowest BCUT2D eigenvalue weighted by molar-refractivity contribution is -0.222. The van der Waals surface area contributed by atoms with Crippen LogP contribution >= 0.6 is 0 Å². The maximum atomic E-state index is 15.4. The molecule has 0 amide bonds. The van der Waals surface area contributed by atoms with Gasteiger partial charge in [-0.25, -0.2) is 13.2 Å². The smallest absolute Gasteiger partial charge is 0.400 e. The summed E-state index contributed by atoms with van der Waals surface area (Å²) in [6, 6.07) is 7.33. The molecule has 3 fully saturated rings. The minimum absolute atomic E-state index is 0.0734. The Morgan fingerprint density at radius 1 is 0.696 bits per heavy atom. The lowest BCUT2D eigenvalue weighted by atomic mass is 9.68. The molecule has 8 heteroatoms. The van der Waals surface area contributed by atoms with E-state index in [0.29, 0.717) is 36.5 Å². The zero-order chi connectivity index (χ0) is 32.9. The number of alkyl halides is 5. The second kappa shape index (κ2) is 15.3. The molecule has 46 heavy (non-hydrogen) atoms. The second-order valence-electron chi connectivity index (χ2n) is 14.4. The van der Waals surface area contributed by atoms with Gasteiger partial charge in [0, 0.05) is 6.07 Å². The number of ether oxygens (including phenoxy) is 1. The Morgan fingerprint density at radius 3 is 1.91 bits per heavy atom. The van der Waals surface area contributed by atoms with E-state index in [9.17, 15) is 26.3 Å². The summed E-state index contributed by atoms with van der Waals surface area (Å²) in [4.78, 5) is 0. The van der Waals surface area contributed by atoms with Gasteiger partial charge in [0.15, 0.2) is 6.67 Å². The minimum atomic E-state index is -4.05. The highest BCUT2D eigenvalue weighted by atomic mass is 19.3. The normalized spacial score (nSPS) is 27.8. The fourth-order valence-corrected chi connectivity index (χ4v) is 8.59. The molecule has 0 heterocycles. The van der Waals surface area contributed by atoms with E-state index in [2.05, 4.69) is 6.92 Å². The molecule has 3 saturated carbocycles. The van der Waals surface area contributed by atoms with Crippen LogP contribution in [-0.4, -0.2) is 12.8 Å². The predicted octanol–water partition coefficient (Wildman–Crippen LogP) is 12.6. The van der Waals surface area contributed by atoms with Gasteiger partial charge in [0.25, 0.3) is 0 Å². The van der Waals surface area contributed by atoms with E-state index >= 15 is 4.39 Å². The van der Waals surface area contributed by atoms with Gasteiger partial charge in [0.1, 0.15) is 17.4 Å². The van der Waals surface area contributed by atoms with Crippen molar-refractivity contribution in [3.8, 4) is 5.75 Å². The largest absolute Gasteiger partial charge is 0.432 e. The molecule has 0 unspecified atom stereocenters. The Hall–Kier alpha value is -2.25. The molecule has 2 aromatic rings. The zero-order valence-corrected chi connectivity index (χ0v) is 27.0. The first-order valence-corrected chi connectivity index (χ1v) is 17.6. The Kier molecular flexibility index (Phi) is 11.7. The van der Waals surface area contributed by atoms with E-state index in [1.54, 1.807) is 6.07 Å². The van der Waals surface area contributed by atoms with E-state index < -0.39 is 41.8 Å². The molecular formula is C38H49F7O. The Morgan fingerprint density at radius 2 is 1.33 bits per heavy atom. The van der Waals surface area contributed by atoms with E-state index in [0.717, 1.165) is 42.2 Å². The van der Waals surface area contributed by atoms with E-state index in [-0.39, 0.29) is 24.6 Å². The Labute approximate surface area is 269 Å². The summed E-state index contributed by atoms with van der Waals surface area (Å²) in [5.41, 5.74) is 0.384. The predicted molar refractivity (Wildman–Crippen MR) is 167 cm³/mol. The van der Waals surface area contributed by atoms with Crippen molar-refractivity contribution >= 4 is 0 Å². The topological polar surface area (TPSA) is 9.23 Å². The number of benzene rings is 2. The number of hydrogen-bond donors (Lipinski definition) is 0. The van der Waals surface area contributed by atoms with Crippen molar-refractivity contribution in [1.82, 2.24) is 0 Å². The summed E-state index contributed by atoms with van der Waals surface area (Å²) < 4.78 is 104. The van der Waals surface area contributed by atoms with Crippen LogP contribution in [0.1, 0.15) is 138 Å². The third kappa shape index (κ3) is 8.42. The van der Waals surface area contributed by atoms with Crippen molar-refractivity contribution in [2.75, 3.05) is 6.67 Å². The van der Waals surface area contributed by atoms with E-state index in [1.807, 2.05) is 12.1 Å². The van der Waals surface area contributed by atoms with Crippen LogP contribution in [0.5, 0.6) is 5.75 Å². The Balaban J connectivity index is 1.09. The Bertz CT molecular complexity index is 1260. The summed E-state index contributed by atoms with van der Waals surface area (Å²) in [6.45, 7) is 0.159.